The second-order valence-corrected chi connectivity index (χ2v) is 5.44. The van der Waals surface area contributed by atoms with E-state index in [1.807, 2.05) is 7.05 Å². The molecule has 1 aromatic carbocycles. The van der Waals surface area contributed by atoms with Gasteiger partial charge in [-0.15, -0.1) is 0 Å². The number of aryl methyl sites for hydroxylation is 1. The lowest BCUT2D eigenvalue weighted by molar-refractivity contribution is -0.129. The number of rotatable bonds is 6. The second-order valence-electron chi connectivity index (χ2n) is 5.44. The van der Waals surface area contributed by atoms with Crippen LogP contribution < -0.4 is 5.73 Å². The van der Waals surface area contributed by atoms with E-state index in [2.05, 4.69) is 39.0 Å². The maximum Gasteiger partial charge on any atom is 0.223 e. The zero-order valence-electron chi connectivity index (χ0n) is 12.6. The molecule has 3 heteroatoms. The minimum atomic E-state index is 0.125. The molecule has 0 bridgehead atoms. The predicted molar refractivity (Wildman–Crippen MR) is 80.3 cm³/mol. The zero-order chi connectivity index (χ0) is 14.4. The molecule has 0 aliphatic heterocycles. The molecule has 0 saturated heterocycles. The van der Waals surface area contributed by atoms with Crippen LogP contribution in [0.3, 0.4) is 0 Å². The normalized spacial score (nSPS) is 10.8. The molecular formula is C16H26N2O. The van der Waals surface area contributed by atoms with Gasteiger partial charge in [-0.3, -0.25) is 4.79 Å². The van der Waals surface area contributed by atoms with Gasteiger partial charge in [0.15, 0.2) is 0 Å². The Bertz CT molecular complexity index is 427. The summed E-state index contributed by atoms with van der Waals surface area (Å²) in [4.78, 5) is 13.4. The molecule has 0 spiro atoms. The Morgan fingerprint density at radius 1 is 1.37 bits per heavy atom. The van der Waals surface area contributed by atoms with E-state index in [-0.39, 0.29) is 5.91 Å². The number of hydrogen-bond donors (Lipinski definition) is 1. The van der Waals surface area contributed by atoms with Gasteiger partial charge in [-0.25, -0.2) is 0 Å². The van der Waals surface area contributed by atoms with Crippen LogP contribution in [0.15, 0.2) is 18.2 Å². The fourth-order valence-corrected chi connectivity index (χ4v) is 2.05. The molecule has 0 atom stereocenters. The first-order chi connectivity index (χ1) is 8.95. The van der Waals surface area contributed by atoms with Gasteiger partial charge in [0.1, 0.15) is 0 Å². The van der Waals surface area contributed by atoms with E-state index in [9.17, 15) is 4.79 Å². The molecule has 0 fully saturated rings. The van der Waals surface area contributed by atoms with E-state index in [0.29, 0.717) is 18.9 Å². The van der Waals surface area contributed by atoms with E-state index in [1.54, 1.807) is 4.90 Å². The summed E-state index contributed by atoms with van der Waals surface area (Å²) in [7, 11) is 1.85. The molecule has 0 saturated carbocycles. The smallest absolute Gasteiger partial charge is 0.223 e. The van der Waals surface area contributed by atoms with Crippen LogP contribution in [-0.2, 0) is 11.2 Å². The highest BCUT2D eigenvalue weighted by atomic mass is 16.2. The van der Waals surface area contributed by atoms with Crippen molar-refractivity contribution >= 4 is 5.91 Å². The van der Waals surface area contributed by atoms with E-state index < -0.39 is 0 Å². The highest BCUT2D eigenvalue weighted by Crippen LogP contribution is 2.19. The summed E-state index contributed by atoms with van der Waals surface area (Å²) in [6.45, 7) is 7.70. The summed E-state index contributed by atoms with van der Waals surface area (Å²) in [5.41, 5.74) is 9.39. The van der Waals surface area contributed by atoms with Crippen LogP contribution in [0.25, 0.3) is 0 Å². The predicted octanol–water partition coefficient (Wildman–Crippen LogP) is 2.47. The van der Waals surface area contributed by atoms with Crippen molar-refractivity contribution in [2.45, 2.75) is 39.5 Å². The molecule has 0 aromatic heterocycles. The summed E-state index contributed by atoms with van der Waals surface area (Å²) >= 11 is 0. The van der Waals surface area contributed by atoms with Crippen LogP contribution in [0.1, 0.15) is 42.9 Å². The minimum Gasteiger partial charge on any atom is -0.345 e. The summed E-state index contributed by atoms with van der Waals surface area (Å²) in [6.07, 6.45) is 1.33. The van der Waals surface area contributed by atoms with Crippen molar-refractivity contribution in [2.24, 2.45) is 5.73 Å². The molecule has 0 heterocycles. The number of nitrogens with zero attached hydrogens (tertiary/aromatic N) is 1. The van der Waals surface area contributed by atoms with Crippen molar-refractivity contribution in [3.8, 4) is 0 Å². The van der Waals surface area contributed by atoms with Gasteiger partial charge in [-0.05, 0) is 36.0 Å². The third-order valence-corrected chi connectivity index (χ3v) is 3.54. The molecular weight excluding hydrogens is 236 g/mol. The molecule has 3 nitrogen and oxygen atoms in total. The Kier molecular flexibility index (Phi) is 6.03. The van der Waals surface area contributed by atoms with Crippen molar-refractivity contribution in [1.82, 2.24) is 4.90 Å². The Morgan fingerprint density at radius 3 is 2.63 bits per heavy atom. The van der Waals surface area contributed by atoms with Crippen LogP contribution in [-0.4, -0.2) is 30.9 Å². The molecule has 2 N–H and O–H groups in total. The fourth-order valence-electron chi connectivity index (χ4n) is 2.05. The summed E-state index contributed by atoms with van der Waals surface area (Å²) in [5.74, 6) is 0.663. The highest BCUT2D eigenvalue weighted by Gasteiger charge is 2.09. The van der Waals surface area contributed by atoms with Crippen LogP contribution in [0, 0.1) is 6.92 Å². The molecule has 0 radical (unpaired) electrons. The van der Waals surface area contributed by atoms with Crippen molar-refractivity contribution in [2.75, 3.05) is 20.1 Å². The Morgan fingerprint density at radius 2 is 2.05 bits per heavy atom. The molecule has 106 valence electrons. The summed E-state index contributed by atoms with van der Waals surface area (Å²) in [5, 5.41) is 0. The standard InChI is InChI=1S/C16H26N2O/c1-12(2)14-6-5-13(3)15(11-14)8-10-18(4)16(19)7-9-17/h5-6,11-12H,7-10,17H2,1-4H3. The van der Waals surface area contributed by atoms with Gasteiger partial charge < -0.3 is 10.6 Å². The number of likely N-dealkylation sites (N-methyl/N-ethyl adjacent to an activating group) is 1. The first-order valence-electron chi connectivity index (χ1n) is 6.99. The first kappa shape index (κ1) is 15.7. The quantitative estimate of drug-likeness (QED) is 0.856. The fraction of sp³-hybridized carbons (Fsp3) is 0.562. The molecule has 19 heavy (non-hydrogen) atoms. The SMILES string of the molecule is Cc1ccc(C(C)C)cc1CCN(C)C(=O)CCN. The highest BCUT2D eigenvalue weighted by molar-refractivity contribution is 5.76. The largest absolute Gasteiger partial charge is 0.345 e. The molecule has 1 amide bonds. The van der Waals surface area contributed by atoms with Gasteiger partial charge in [-0.1, -0.05) is 32.0 Å². The van der Waals surface area contributed by atoms with E-state index >= 15 is 0 Å². The third kappa shape index (κ3) is 4.67. The number of amides is 1. The lowest BCUT2D eigenvalue weighted by Crippen LogP contribution is -2.30. The Hall–Kier alpha value is -1.35. The van der Waals surface area contributed by atoms with Gasteiger partial charge in [-0.2, -0.15) is 0 Å². The number of carbonyl (C=O) groups is 1. The molecule has 1 aromatic rings. The van der Waals surface area contributed by atoms with Crippen LogP contribution in [0.4, 0.5) is 0 Å². The topological polar surface area (TPSA) is 46.3 Å². The molecule has 0 aliphatic carbocycles. The van der Waals surface area contributed by atoms with Gasteiger partial charge in [0, 0.05) is 26.6 Å². The van der Waals surface area contributed by atoms with E-state index in [4.69, 9.17) is 5.73 Å². The Balaban J connectivity index is 2.66. The summed E-state index contributed by atoms with van der Waals surface area (Å²) < 4.78 is 0. The van der Waals surface area contributed by atoms with Crippen molar-refractivity contribution < 1.29 is 4.79 Å². The van der Waals surface area contributed by atoms with Crippen molar-refractivity contribution in [1.29, 1.82) is 0 Å². The van der Waals surface area contributed by atoms with Gasteiger partial charge in [0.25, 0.3) is 0 Å². The number of hydrogen-bond acceptors (Lipinski definition) is 2. The zero-order valence-corrected chi connectivity index (χ0v) is 12.6. The average Bonchev–Trinajstić information content (AvgIpc) is 2.37. The van der Waals surface area contributed by atoms with Crippen LogP contribution >= 0.6 is 0 Å². The maximum absolute atomic E-state index is 11.7. The van der Waals surface area contributed by atoms with Crippen LogP contribution in [0.5, 0.6) is 0 Å². The first-order valence-corrected chi connectivity index (χ1v) is 6.99. The van der Waals surface area contributed by atoms with Crippen molar-refractivity contribution in [3.05, 3.63) is 34.9 Å². The number of nitrogens with two attached hydrogens (primary N) is 1. The molecule has 1 rings (SSSR count). The number of benzene rings is 1. The maximum atomic E-state index is 11.7. The van der Waals surface area contributed by atoms with Crippen molar-refractivity contribution in [3.63, 3.8) is 0 Å². The van der Waals surface area contributed by atoms with E-state index in [1.165, 1.54) is 16.7 Å². The van der Waals surface area contributed by atoms with Gasteiger partial charge in [0.05, 0.1) is 0 Å². The molecule has 0 unspecified atom stereocenters. The minimum absolute atomic E-state index is 0.125. The van der Waals surface area contributed by atoms with Gasteiger partial charge >= 0.3 is 0 Å². The van der Waals surface area contributed by atoms with Crippen LogP contribution in [0.2, 0.25) is 0 Å². The Labute approximate surface area is 116 Å². The molecule has 0 aliphatic rings. The summed E-state index contributed by atoms with van der Waals surface area (Å²) in [6, 6.07) is 6.63. The second kappa shape index (κ2) is 7.29. The van der Waals surface area contributed by atoms with Gasteiger partial charge in [0.2, 0.25) is 5.91 Å². The van der Waals surface area contributed by atoms with E-state index in [0.717, 1.165) is 13.0 Å². The average molecular weight is 262 g/mol. The lowest BCUT2D eigenvalue weighted by Gasteiger charge is -2.18. The monoisotopic (exact) mass is 262 g/mol. The lowest BCUT2D eigenvalue weighted by atomic mass is 9.96. The number of carbonyl (C=O) groups excluding carboxylic acids is 1. The third-order valence-electron chi connectivity index (χ3n) is 3.54.